The van der Waals surface area contributed by atoms with Crippen LogP contribution in [0.4, 0.5) is 0 Å². The molecule has 0 atom stereocenters. The molecule has 1 saturated heterocycles. The van der Waals surface area contributed by atoms with Gasteiger partial charge in [-0.2, -0.15) is 0 Å². The van der Waals surface area contributed by atoms with Gasteiger partial charge in [0.25, 0.3) is 0 Å². The van der Waals surface area contributed by atoms with Gasteiger partial charge in [-0.3, -0.25) is 4.90 Å². The summed E-state index contributed by atoms with van der Waals surface area (Å²) in [5.41, 5.74) is 2.56. The molecule has 1 heterocycles. The van der Waals surface area contributed by atoms with E-state index < -0.39 is 0 Å². The molecule has 0 spiro atoms. The molecule has 0 amide bonds. The van der Waals surface area contributed by atoms with Crippen molar-refractivity contribution in [2.45, 2.75) is 65.6 Å². The highest BCUT2D eigenvalue weighted by Gasteiger charge is 2.16. The summed E-state index contributed by atoms with van der Waals surface area (Å²) in [4.78, 5) is 7.16. The van der Waals surface area contributed by atoms with Gasteiger partial charge >= 0.3 is 0 Å². The first kappa shape index (κ1) is 25.2. The highest BCUT2D eigenvalue weighted by molar-refractivity contribution is 14.0. The predicted octanol–water partition coefficient (Wildman–Crippen LogP) is 3.75. The molecule has 5 nitrogen and oxygen atoms in total. The number of nitrogens with one attached hydrogen (secondary N) is 2. The summed E-state index contributed by atoms with van der Waals surface area (Å²) in [6, 6.07) is 8.78. The second-order valence-corrected chi connectivity index (χ2v) is 7.58. The van der Waals surface area contributed by atoms with Crippen LogP contribution in [0.25, 0.3) is 0 Å². The molecule has 3 N–H and O–H groups in total. The molecule has 0 bridgehead atoms. The highest BCUT2D eigenvalue weighted by Crippen LogP contribution is 2.14. The number of hydrogen-bond donors (Lipinski definition) is 3. The van der Waals surface area contributed by atoms with Crippen LogP contribution in [0.5, 0.6) is 0 Å². The number of piperidine rings is 1. The first-order chi connectivity index (χ1) is 13.1. The number of aliphatic imine (C=N–C) groups is 1. The van der Waals surface area contributed by atoms with Crippen molar-refractivity contribution < 1.29 is 5.11 Å². The minimum absolute atomic E-state index is 0. The van der Waals surface area contributed by atoms with Gasteiger partial charge in [-0.15, -0.1) is 24.0 Å². The Balaban J connectivity index is 0.00000392. The van der Waals surface area contributed by atoms with E-state index in [0.29, 0.717) is 12.5 Å². The van der Waals surface area contributed by atoms with Gasteiger partial charge in [0.15, 0.2) is 5.96 Å². The van der Waals surface area contributed by atoms with Crippen molar-refractivity contribution in [3.05, 3.63) is 35.4 Å². The molecule has 0 aliphatic carbocycles. The van der Waals surface area contributed by atoms with Gasteiger partial charge in [-0.1, -0.05) is 51.0 Å². The quantitative estimate of drug-likeness (QED) is 0.274. The monoisotopic (exact) mass is 502 g/mol. The van der Waals surface area contributed by atoms with Gasteiger partial charge in [0.1, 0.15) is 0 Å². The van der Waals surface area contributed by atoms with Crippen LogP contribution in [-0.4, -0.2) is 48.2 Å². The molecule has 0 saturated carbocycles. The maximum atomic E-state index is 9.62. The fraction of sp³-hybridized carbons (Fsp3) is 0.682. The third kappa shape index (κ3) is 9.09. The Bertz CT molecular complexity index is 552. The number of nitrogens with zero attached hydrogens (tertiary/aromatic N) is 2. The molecule has 0 aromatic heterocycles. The van der Waals surface area contributed by atoms with Gasteiger partial charge in [0, 0.05) is 32.7 Å². The number of rotatable bonds is 9. The van der Waals surface area contributed by atoms with Crippen LogP contribution in [0.1, 0.15) is 57.6 Å². The second-order valence-electron chi connectivity index (χ2n) is 7.58. The van der Waals surface area contributed by atoms with Gasteiger partial charge in [-0.05, 0) is 36.8 Å². The predicted molar refractivity (Wildman–Crippen MR) is 129 cm³/mol. The summed E-state index contributed by atoms with van der Waals surface area (Å²) in [7, 11) is 0. The largest absolute Gasteiger partial charge is 0.393 e. The van der Waals surface area contributed by atoms with Crippen LogP contribution in [0.2, 0.25) is 0 Å². The standard InChI is InChI=1S/C22H38N4O.HI/c1-4-18(5-2)15-24-22(23-6-3)25-16-19-7-9-20(10-8-19)17-26-13-11-21(27)12-14-26;/h7-10,18,21,27H,4-6,11-17H2,1-3H3,(H2,23,24,25);1H. The fourth-order valence-corrected chi connectivity index (χ4v) is 3.42. The normalized spacial score (nSPS) is 16.1. The number of hydrogen-bond acceptors (Lipinski definition) is 3. The summed E-state index contributed by atoms with van der Waals surface area (Å²) in [6.45, 7) is 12.1. The van der Waals surface area contributed by atoms with Gasteiger partial charge in [0.05, 0.1) is 12.6 Å². The van der Waals surface area contributed by atoms with E-state index in [1.165, 1.54) is 24.0 Å². The molecule has 160 valence electrons. The van der Waals surface area contributed by atoms with Crippen molar-refractivity contribution in [1.82, 2.24) is 15.5 Å². The minimum atomic E-state index is -0.106. The molecule has 1 aromatic rings. The van der Waals surface area contributed by atoms with Crippen molar-refractivity contribution in [2.75, 3.05) is 26.2 Å². The topological polar surface area (TPSA) is 59.9 Å². The summed E-state index contributed by atoms with van der Waals surface area (Å²) >= 11 is 0. The highest BCUT2D eigenvalue weighted by atomic mass is 127. The van der Waals surface area contributed by atoms with Crippen LogP contribution in [0.3, 0.4) is 0 Å². The van der Waals surface area contributed by atoms with Crippen molar-refractivity contribution >= 4 is 29.9 Å². The van der Waals surface area contributed by atoms with Gasteiger partial charge in [0.2, 0.25) is 0 Å². The van der Waals surface area contributed by atoms with Crippen LogP contribution in [0, 0.1) is 5.92 Å². The Morgan fingerprint density at radius 3 is 2.25 bits per heavy atom. The lowest BCUT2D eigenvalue weighted by atomic mass is 10.0. The number of aliphatic hydroxyl groups is 1. The third-order valence-electron chi connectivity index (χ3n) is 5.46. The maximum absolute atomic E-state index is 9.62. The van der Waals surface area contributed by atoms with E-state index in [0.717, 1.165) is 51.5 Å². The summed E-state index contributed by atoms with van der Waals surface area (Å²) < 4.78 is 0. The van der Waals surface area contributed by atoms with Crippen LogP contribution >= 0.6 is 24.0 Å². The molecule has 0 radical (unpaired) electrons. The maximum Gasteiger partial charge on any atom is 0.191 e. The number of benzene rings is 1. The average molecular weight is 502 g/mol. The zero-order chi connectivity index (χ0) is 19.5. The smallest absolute Gasteiger partial charge is 0.191 e. The first-order valence-electron chi connectivity index (χ1n) is 10.6. The SMILES string of the molecule is CCNC(=NCc1ccc(CN2CCC(O)CC2)cc1)NCC(CC)CC.I. The molecule has 1 aliphatic rings. The Labute approximate surface area is 188 Å². The number of aliphatic hydroxyl groups excluding tert-OH is 1. The van der Waals surface area contributed by atoms with E-state index in [9.17, 15) is 5.11 Å². The molecule has 1 fully saturated rings. The lowest BCUT2D eigenvalue weighted by Gasteiger charge is -2.29. The van der Waals surface area contributed by atoms with Gasteiger partial charge in [-0.25, -0.2) is 4.99 Å². The van der Waals surface area contributed by atoms with Crippen molar-refractivity contribution in [3.8, 4) is 0 Å². The van der Waals surface area contributed by atoms with E-state index in [-0.39, 0.29) is 30.1 Å². The molecule has 6 heteroatoms. The molecule has 28 heavy (non-hydrogen) atoms. The number of likely N-dealkylation sites (tertiary alicyclic amines) is 1. The summed E-state index contributed by atoms with van der Waals surface area (Å²) in [5.74, 6) is 1.60. The Morgan fingerprint density at radius 2 is 1.68 bits per heavy atom. The van der Waals surface area contributed by atoms with Crippen LogP contribution < -0.4 is 10.6 Å². The van der Waals surface area contributed by atoms with Crippen molar-refractivity contribution in [1.29, 1.82) is 0 Å². The molecular formula is C22H39IN4O. The lowest BCUT2D eigenvalue weighted by Crippen LogP contribution is -2.39. The van der Waals surface area contributed by atoms with Crippen LogP contribution in [-0.2, 0) is 13.1 Å². The van der Waals surface area contributed by atoms with Crippen LogP contribution in [0.15, 0.2) is 29.3 Å². The summed E-state index contributed by atoms with van der Waals surface area (Å²) in [6.07, 6.45) is 4.07. The number of guanidine groups is 1. The minimum Gasteiger partial charge on any atom is -0.393 e. The molecule has 0 unspecified atom stereocenters. The molecule has 2 rings (SSSR count). The molecule has 1 aliphatic heterocycles. The van der Waals surface area contributed by atoms with Crippen molar-refractivity contribution in [2.24, 2.45) is 10.9 Å². The lowest BCUT2D eigenvalue weighted by molar-refractivity contribution is 0.0792. The van der Waals surface area contributed by atoms with E-state index in [2.05, 4.69) is 60.6 Å². The van der Waals surface area contributed by atoms with E-state index in [4.69, 9.17) is 4.99 Å². The Hall–Kier alpha value is -0.860. The Kier molecular flexibility index (Phi) is 12.7. The first-order valence-corrected chi connectivity index (χ1v) is 10.6. The fourth-order valence-electron chi connectivity index (χ4n) is 3.42. The molecular weight excluding hydrogens is 463 g/mol. The third-order valence-corrected chi connectivity index (χ3v) is 5.46. The number of halogens is 1. The average Bonchev–Trinajstić information content (AvgIpc) is 2.69. The summed E-state index contributed by atoms with van der Waals surface area (Å²) in [5, 5.41) is 16.4. The van der Waals surface area contributed by atoms with E-state index in [1.54, 1.807) is 0 Å². The van der Waals surface area contributed by atoms with E-state index >= 15 is 0 Å². The van der Waals surface area contributed by atoms with E-state index in [1.807, 2.05) is 0 Å². The zero-order valence-corrected chi connectivity index (χ0v) is 20.1. The van der Waals surface area contributed by atoms with Crippen molar-refractivity contribution in [3.63, 3.8) is 0 Å². The second kappa shape index (κ2) is 14.2. The Morgan fingerprint density at radius 1 is 1.07 bits per heavy atom. The molecule has 1 aromatic carbocycles. The zero-order valence-electron chi connectivity index (χ0n) is 17.8. The van der Waals surface area contributed by atoms with Gasteiger partial charge < -0.3 is 15.7 Å².